The van der Waals surface area contributed by atoms with Crippen LogP contribution < -0.4 is 5.32 Å². The Bertz CT molecular complexity index is 655. The minimum atomic E-state index is -0.931. The highest BCUT2D eigenvalue weighted by molar-refractivity contribution is 9.10. The highest BCUT2D eigenvalue weighted by atomic mass is 79.9. The topological polar surface area (TPSA) is 62.2 Å². The number of carboxylic acids is 1. The molecular formula is C14H15BrN2O2S. The molecule has 0 aliphatic rings. The van der Waals surface area contributed by atoms with E-state index in [2.05, 4.69) is 33.2 Å². The van der Waals surface area contributed by atoms with Gasteiger partial charge in [-0.2, -0.15) is 0 Å². The van der Waals surface area contributed by atoms with E-state index in [0.29, 0.717) is 0 Å². The van der Waals surface area contributed by atoms with Crippen molar-refractivity contribution >= 4 is 38.9 Å². The number of anilines is 1. The molecule has 0 saturated carbocycles. The van der Waals surface area contributed by atoms with Crippen molar-refractivity contribution in [1.82, 2.24) is 4.98 Å². The van der Waals surface area contributed by atoms with Crippen molar-refractivity contribution in [1.29, 1.82) is 0 Å². The summed E-state index contributed by atoms with van der Waals surface area (Å²) in [5.41, 5.74) is 2.17. The third-order valence-electron chi connectivity index (χ3n) is 2.92. The van der Waals surface area contributed by atoms with Gasteiger partial charge in [-0.15, -0.1) is 11.3 Å². The molecule has 2 rings (SSSR count). The van der Waals surface area contributed by atoms with Gasteiger partial charge in [0.15, 0.2) is 0 Å². The van der Waals surface area contributed by atoms with Crippen LogP contribution >= 0.6 is 27.3 Å². The summed E-state index contributed by atoms with van der Waals surface area (Å²) in [5, 5.41) is 13.4. The summed E-state index contributed by atoms with van der Waals surface area (Å²) in [6.45, 7) is 6.06. The number of aryl methyl sites for hydroxylation is 2. The van der Waals surface area contributed by atoms with Crippen LogP contribution in [0.25, 0.3) is 0 Å². The summed E-state index contributed by atoms with van der Waals surface area (Å²) >= 11 is 5.07. The Morgan fingerprint density at radius 2 is 2.15 bits per heavy atom. The lowest BCUT2D eigenvalue weighted by Crippen LogP contribution is -2.07. The molecule has 0 aliphatic heterocycles. The molecule has 1 aromatic carbocycles. The van der Waals surface area contributed by atoms with Gasteiger partial charge in [-0.3, -0.25) is 0 Å². The molecule has 0 amide bonds. The van der Waals surface area contributed by atoms with Gasteiger partial charge in [0, 0.05) is 15.0 Å². The first-order chi connectivity index (χ1) is 9.38. The van der Waals surface area contributed by atoms with Crippen LogP contribution in [0.5, 0.6) is 0 Å². The molecular weight excluding hydrogens is 340 g/mol. The molecule has 106 valence electrons. The maximum absolute atomic E-state index is 10.9. The molecule has 20 heavy (non-hydrogen) atoms. The Morgan fingerprint density at radius 3 is 2.65 bits per heavy atom. The number of hydrogen-bond acceptors (Lipinski definition) is 4. The molecule has 0 spiro atoms. The number of nitrogens with one attached hydrogen (secondary N) is 1. The van der Waals surface area contributed by atoms with Crippen LogP contribution in [0.1, 0.15) is 38.9 Å². The number of thiazole rings is 1. The average Bonchev–Trinajstić information content (AvgIpc) is 2.70. The first kappa shape index (κ1) is 15.0. The SMILES string of the molecule is Cc1nc(C)c(C(C)Nc2ccc(C(=O)O)cc2Br)s1. The van der Waals surface area contributed by atoms with E-state index in [1.807, 2.05) is 13.8 Å². The minimum absolute atomic E-state index is 0.119. The number of carbonyl (C=O) groups is 1. The van der Waals surface area contributed by atoms with Crippen LogP contribution in [-0.4, -0.2) is 16.1 Å². The van der Waals surface area contributed by atoms with Crippen LogP contribution in [0.15, 0.2) is 22.7 Å². The standard InChI is InChI=1S/C14H15BrN2O2S/c1-7-13(20-9(3)16-7)8(2)17-12-5-4-10(14(18)19)6-11(12)15/h4-6,8,17H,1-3H3,(H,18,19). The number of nitrogens with zero attached hydrogens (tertiary/aromatic N) is 1. The van der Waals surface area contributed by atoms with Gasteiger partial charge in [0.1, 0.15) is 0 Å². The summed E-state index contributed by atoms with van der Waals surface area (Å²) in [5.74, 6) is -0.931. The van der Waals surface area contributed by atoms with Gasteiger partial charge in [0.2, 0.25) is 0 Å². The van der Waals surface area contributed by atoms with Crippen molar-refractivity contribution < 1.29 is 9.90 Å². The van der Waals surface area contributed by atoms with Gasteiger partial charge in [0.25, 0.3) is 0 Å². The lowest BCUT2D eigenvalue weighted by molar-refractivity contribution is 0.0697. The molecule has 1 aromatic heterocycles. The number of aromatic nitrogens is 1. The average molecular weight is 355 g/mol. The summed E-state index contributed by atoms with van der Waals surface area (Å²) in [6, 6.07) is 5.08. The minimum Gasteiger partial charge on any atom is -0.478 e. The van der Waals surface area contributed by atoms with Crippen LogP contribution in [-0.2, 0) is 0 Å². The highest BCUT2D eigenvalue weighted by Gasteiger charge is 2.14. The van der Waals surface area contributed by atoms with E-state index in [1.165, 1.54) is 4.88 Å². The molecule has 1 unspecified atom stereocenters. The fraction of sp³-hybridized carbons (Fsp3) is 0.286. The quantitative estimate of drug-likeness (QED) is 0.854. The van der Waals surface area contributed by atoms with Gasteiger partial charge < -0.3 is 10.4 Å². The molecule has 1 atom stereocenters. The van der Waals surface area contributed by atoms with E-state index in [-0.39, 0.29) is 11.6 Å². The third-order valence-corrected chi connectivity index (χ3v) is 4.83. The Labute approximate surface area is 130 Å². The van der Waals surface area contributed by atoms with Crippen molar-refractivity contribution in [3.05, 3.63) is 43.8 Å². The van der Waals surface area contributed by atoms with Crippen LogP contribution in [0.2, 0.25) is 0 Å². The fourth-order valence-electron chi connectivity index (χ4n) is 2.01. The molecule has 1 heterocycles. The van der Waals surface area contributed by atoms with E-state index in [1.54, 1.807) is 29.5 Å². The van der Waals surface area contributed by atoms with Crippen molar-refractivity contribution in [3.8, 4) is 0 Å². The normalized spacial score (nSPS) is 12.2. The maximum atomic E-state index is 10.9. The Morgan fingerprint density at radius 1 is 1.45 bits per heavy atom. The zero-order valence-corrected chi connectivity index (χ0v) is 13.8. The van der Waals surface area contributed by atoms with Gasteiger partial charge >= 0.3 is 5.97 Å². The molecule has 0 bridgehead atoms. The number of rotatable bonds is 4. The Balaban J connectivity index is 2.22. The maximum Gasteiger partial charge on any atom is 0.335 e. The van der Waals surface area contributed by atoms with Gasteiger partial charge in [0.05, 0.1) is 22.3 Å². The van der Waals surface area contributed by atoms with Crippen LogP contribution in [0.3, 0.4) is 0 Å². The fourth-order valence-corrected chi connectivity index (χ4v) is 3.44. The monoisotopic (exact) mass is 354 g/mol. The molecule has 0 fully saturated rings. The number of aromatic carboxylic acids is 1. The zero-order valence-electron chi connectivity index (χ0n) is 11.4. The summed E-state index contributed by atoms with van der Waals surface area (Å²) in [7, 11) is 0. The first-order valence-electron chi connectivity index (χ1n) is 6.11. The second-order valence-electron chi connectivity index (χ2n) is 4.55. The molecule has 0 radical (unpaired) electrons. The van der Waals surface area contributed by atoms with Crippen molar-refractivity contribution in [2.45, 2.75) is 26.8 Å². The predicted molar refractivity (Wildman–Crippen MR) is 84.7 cm³/mol. The van der Waals surface area contributed by atoms with Crippen LogP contribution in [0, 0.1) is 13.8 Å². The summed E-state index contributed by atoms with van der Waals surface area (Å²) in [6.07, 6.45) is 0. The van der Waals surface area contributed by atoms with E-state index in [0.717, 1.165) is 20.9 Å². The van der Waals surface area contributed by atoms with Crippen molar-refractivity contribution in [2.75, 3.05) is 5.32 Å². The molecule has 4 nitrogen and oxygen atoms in total. The van der Waals surface area contributed by atoms with E-state index in [9.17, 15) is 4.79 Å². The van der Waals surface area contributed by atoms with Gasteiger partial charge in [-0.05, 0) is 54.9 Å². The van der Waals surface area contributed by atoms with Gasteiger partial charge in [-0.1, -0.05) is 0 Å². The highest BCUT2D eigenvalue weighted by Crippen LogP contribution is 2.31. The Kier molecular flexibility index (Phi) is 4.45. The van der Waals surface area contributed by atoms with Gasteiger partial charge in [-0.25, -0.2) is 9.78 Å². The molecule has 0 saturated heterocycles. The Hall–Kier alpha value is -1.40. The van der Waals surface area contributed by atoms with Crippen molar-refractivity contribution in [2.24, 2.45) is 0 Å². The number of halogens is 1. The molecule has 2 aromatic rings. The first-order valence-corrected chi connectivity index (χ1v) is 7.72. The number of hydrogen-bond donors (Lipinski definition) is 2. The second-order valence-corrected chi connectivity index (χ2v) is 6.64. The molecule has 0 aliphatic carbocycles. The van der Waals surface area contributed by atoms with Crippen molar-refractivity contribution in [3.63, 3.8) is 0 Å². The lowest BCUT2D eigenvalue weighted by Gasteiger charge is -2.16. The van der Waals surface area contributed by atoms with Crippen LogP contribution in [0.4, 0.5) is 5.69 Å². The number of benzene rings is 1. The third kappa shape index (κ3) is 3.19. The van der Waals surface area contributed by atoms with E-state index >= 15 is 0 Å². The largest absolute Gasteiger partial charge is 0.478 e. The predicted octanol–water partition coefficient (Wildman–Crippen LogP) is 4.39. The second kappa shape index (κ2) is 5.93. The van der Waals surface area contributed by atoms with E-state index in [4.69, 9.17) is 5.11 Å². The number of carboxylic acid groups (broad SMARTS) is 1. The zero-order chi connectivity index (χ0) is 14.9. The summed E-state index contributed by atoms with van der Waals surface area (Å²) in [4.78, 5) is 16.5. The summed E-state index contributed by atoms with van der Waals surface area (Å²) < 4.78 is 0.739. The molecule has 6 heteroatoms. The lowest BCUT2D eigenvalue weighted by atomic mass is 10.2. The molecule has 2 N–H and O–H groups in total. The van der Waals surface area contributed by atoms with E-state index < -0.39 is 5.97 Å². The smallest absolute Gasteiger partial charge is 0.335 e.